The summed E-state index contributed by atoms with van der Waals surface area (Å²) in [5.74, 6) is 0.534. The number of nitrogens with zero attached hydrogens (tertiary/aromatic N) is 1. The van der Waals surface area contributed by atoms with Gasteiger partial charge in [-0.1, -0.05) is 6.08 Å². The average Bonchev–Trinajstić information content (AvgIpc) is 3.04. The van der Waals surface area contributed by atoms with Crippen LogP contribution in [-0.4, -0.2) is 32.3 Å². The van der Waals surface area contributed by atoms with E-state index >= 15 is 0 Å². The van der Waals surface area contributed by atoms with Crippen LogP contribution in [0.15, 0.2) is 23.7 Å². The zero-order valence-electron chi connectivity index (χ0n) is 12.0. The molecule has 2 aromatic rings. The number of benzene rings is 1. The van der Waals surface area contributed by atoms with E-state index in [9.17, 15) is 4.79 Å². The Hall–Kier alpha value is -2.34. The summed E-state index contributed by atoms with van der Waals surface area (Å²) in [4.78, 5) is 16.1. The minimum Gasteiger partial charge on any atom is -0.497 e. The first kappa shape index (κ1) is 15.1. The quantitative estimate of drug-likeness (QED) is 0.794. The van der Waals surface area contributed by atoms with Crippen molar-refractivity contribution in [3.8, 4) is 11.5 Å². The lowest BCUT2D eigenvalue weighted by molar-refractivity contribution is 0.0597. The van der Waals surface area contributed by atoms with Gasteiger partial charge >= 0.3 is 5.97 Å². The molecule has 0 aliphatic rings. The summed E-state index contributed by atoms with van der Waals surface area (Å²) in [6.45, 7) is 0. The second-order valence-corrected chi connectivity index (χ2v) is 4.92. The van der Waals surface area contributed by atoms with Gasteiger partial charge in [0.2, 0.25) is 0 Å². The van der Waals surface area contributed by atoms with Crippen molar-refractivity contribution in [2.75, 3.05) is 21.3 Å². The van der Waals surface area contributed by atoms with Gasteiger partial charge in [-0.3, -0.25) is 0 Å². The van der Waals surface area contributed by atoms with Crippen LogP contribution in [-0.2, 0) is 4.74 Å². The molecule has 0 aliphatic heterocycles. The molecule has 0 atom stereocenters. The Labute approximate surface area is 126 Å². The highest BCUT2D eigenvalue weighted by molar-refractivity contribution is 7.10. The number of thiazole rings is 1. The van der Waals surface area contributed by atoms with Crippen molar-refractivity contribution < 1.29 is 19.0 Å². The van der Waals surface area contributed by atoms with Gasteiger partial charge in [0.25, 0.3) is 0 Å². The summed E-state index contributed by atoms with van der Waals surface area (Å²) in [7, 11) is 4.39. The number of carbonyl (C=O) groups excluding carboxylic acids is 1. The maximum Gasteiger partial charge on any atom is 0.342 e. The lowest BCUT2D eigenvalue weighted by Gasteiger charge is -2.12. The van der Waals surface area contributed by atoms with E-state index < -0.39 is 5.97 Å². The zero-order chi connectivity index (χ0) is 15.2. The fourth-order valence-corrected chi connectivity index (χ4v) is 2.35. The Morgan fingerprint density at radius 1 is 1.19 bits per heavy atom. The van der Waals surface area contributed by atoms with Gasteiger partial charge < -0.3 is 14.2 Å². The van der Waals surface area contributed by atoms with Crippen molar-refractivity contribution in [2.45, 2.75) is 0 Å². The monoisotopic (exact) mass is 305 g/mol. The second-order valence-electron chi connectivity index (χ2n) is 3.99. The van der Waals surface area contributed by atoms with Gasteiger partial charge in [-0.05, 0) is 17.7 Å². The third-order valence-corrected chi connectivity index (χ3v) is 3.55. The molecule has 6 heteroatoms. The first-order chi connectivity index (χ1) is 10.2. The smallest absolute Gasteiger partial charge is 0.342 e. The van der Waals surface area contributed by atoms with Gasteiger partial charge in [0.15, 0.2) is 0 Å². The van der Waals surface area contributed by atoms with Crippen molar-refractivity contribution in [1.29, 1.82) is 0 Å². The second kappa shape index (κ2) is 6.90. The van der Waals surface area contributed by atoms with Crippen molar-refractivity contribution in [3.63, 3.8) is 0 Å². The first-order valence-electron chi connectivity index (χ1n) is 6.11. The number of carbonyl (C=O) groups is 1. The minimum absolute atomic E-state index is 0.355. The van der Waals surface area contributed by atoms with E-state index in [1.807, 2.05) is 11.5 Å². The van der Waals surface area contributed by atoms with E-state index in [0.29, 0.717) is 22.6 Å². The summed E-state index contributed by atoms with van der Waals surface area (Å²) in [6, 6.07) is 3.39. The molecule has 0 aliphatic carbocycles. The molecule has 0 amide bonds. The molecule has 1 heterocycles. The average molecular weight is 305 g/mol. The predicted octanol–water partition coefficient (Wildman–Crippen LogP) is 3.12. The lowest BCUT2D eigenvalue weighted by atomic mass is 10.0. The van der Waals surface area contributed by atoms with Crippen LogP contribution in [0.4, 0.5) is 0 Å². The highest BCUT2D eigenvalue weighted by Crippen LogP contribution is 2.30. The Bertz CT molecular complexity index is 650. The molecule has 0 N–H and O–H groups in total. The van der Waals surface area contributed by atoms with Crippen molar-refractivity contribution in [3.05, 3.63) is 39.8 Å². The van der Waals surface area contributed by atoms with Gasteiger partial charge in [-0.2, -0.15) is 0 Å². The maximum atomic E-state index is 12.0. The number of aromatic nitrogens is 1. The molecule has 1 aromatic carbocycles. The normalized spacial score (nSPS) is 10.6. The van der Waals surface area contributed by atoms with E-state index in [1.165, 1.54) is 25.6 Å². The van der Waals surface area contributed by atoms with Gasteiger partial charge in [-0.15, -0.1) is 11.3 Å². The molecule has 0 saturated carbocycles. The molecule has 0 saturated heterocycles. The van der Waals surface area contributed by atoms with E-state index in [2.05, 4.69) is 4.98 Å². The molecule has 0 unspecified atom stereocenters. The van der Waals surface area contributed by atoms with Crippen LogP contribution >= 0.6 is 11.3 Å². The Morgan fingerprint density at radius 3 is 2.57 bits per heavy atom. The summed E-state index contributed by atoms with van der Waals surface area (Å²) in [6.07, 6.45) is 5.33. The van der Waals surface area contributed by atoms with E-state index in [1.54, 1.807) is 31.5 Å². The fourth-order valence-electron chi connectivity index (χ4n) is 1.82. The topological polar surface area (TPSA) is 57.7 Å². The number of methoxy groups -OCH3 is 3. The molecule has 0 fully saturated rings. The predicted molar refractivity (Wildman–Crippen MR) is 81.9 cm³/mol. The van der Waals surface area contributed by atoms with Crippen molar-refractivity contribution >= 4 is 29.5 Å². The van der Waals surface area contributed by atoms with E-state index in [0.717, 1.165) is 5.01 Å². The van der Waals surface area contributed by atoms with Crippen molar-refractivity contribution in [1.82, 2.24) is 4.98 Å². The molecule has 0 radical (unpaired) electrons. The maximum absolute atomic E-state index is 12.0. The van der Waals surface area contributed by atoms with Crippen molar-refractivity contribution in [2.24, 2.45) is 0 Å². The third kappa shape index (κ3) is 3.41. The molecule has 0 spiro atoms. The van der Waals surface area contributed by atoms with Crippen LogP contribution in [0.2, 0.25) is 0 Å². The summed E-state index contributed by atoms with van der Waals surface area (Å²) < 4.78 is 15.3. The molecule has 21 heavy (non-hydrogen) atoms. The van der Waals surface area contributed by atoms with Crippen LogP contribution in [0.25, 0.3) is 12.2 Å². The largest absolute Gasteiger partial charge is 0.497 e. The van der Waals surface area contributed by atoms with Gasteiger partial charge in [0, 0.05) is 17.6 Å². The fraction of sp³-hybridized carbons (Fsp3) is 0.200. The third-order valence-electron chi connectivity index (χ3n) is 2.81. The number of hydrogen-bond donors (Lipinski definition) is 0. The van der Waals surface area contributed by atoms with Crippen LogP contribution in [0.5, 0.6) is 11.5 Å². The summed E-state index contributed by atoms with van der Waals surface area (Å²) in [5, 5.41) is 2.72. The first-order valence-corrected chi connectivity index (χ1v) is 6.99. The summed E-state index contributed by atoms with van der Waals surface area (Å²) in [5.41, 5.74) is 1.00. The van der Waals surface area contributed by atoms with Gasteiger partial charge in [0.05, 0.1) is 21.3 Å². The number of ether oxygens (including phenoxy) is 3. The number of esters is 1. The highest BCUT2D eigenvalue weighted by Gasteiger charge is 2.18. The van der Waals surface area contributed by atoms with Crippen LogP contribution < -0.4 is 9.47 Å². The van der Waals surface area contributed by atoms with Crippen LogP contribution in [0.1, 0.15) is 20.9 Å². The van der Waals surface area contributed by atoms with E-state index in [-0.39, 0.29) is 0 Å². The molecule has 5 nitrogen and oxygen atoms in total. The highest BCUT2D eigenvalue weighted by atomic mass is 32.1. The molecular formula is C15H15NO4S. The van der Waals surface area contributed by atoms with Crippen LogP contribution in [0, 0.1) is 0 Å². The van der Waals surface area contributed by atoms with Crippen LogP contribution in [0.3, 0.4) is 0 Å². The Kier molecular flexibility index (Phi) is 4.94. The number of hydrogen-bond acceptors (Lipinski definition) is 6. The summed E-state index contributed by atoms with van der Waals surface area (Å²) >= 11 is 1.51. The lowest BCUT2D eigenvalue weighted by Crippen LogP contribution is -2.07. The zero-order valence-corrected chi connectivity index (χ0v) is 12.8. The standard InChI is InChI=1S/C15H15NO4S/c1-18-11-8-10(4-5-13-16-6-7-21-13)14(15(17)20-3)12(9-11)19-2/h4-9H,1-3H3/b5-4-. The molecule has 2 rings (SSSR count). The van der Waals surface area contributed by atoms with E-state index in [4.69, 9.17) is 14.2 Å². The Balaban J connectivity index is 2.52. The molecular weight excluding hydrogens is 290 g/mol. The molecule has 1 aromatic heterocycles. The Morgan fingerprint density at radius 2 is 2.00 bits per heavy atom. The van der Waals surface area contributed by atoms with Gasteiger partial charge in [-0.25, -0.2) is 9.78 Å². The molecule has 0 bridgehead atoms. The number of rotatable bonds is 5. The van der Waals surface area contributed by atoms with Gasteiger partial charge in [0.1, 0.15) is 22.1 Å². The SMILES string of the molecule is COC(=O)c1c(/C=C\c2nccs2)cc(OC)cc1OC. The molecule has 110 valence electrons. The minimum atomic E-state index is -0.465.